The number of nitrogens with two attached hydrogens (primary N) is 1. The first kappa shape index (κ1) is 24.9. The summed E-state index contributed by atoms with van der Waals surface area (Å²) < 4.78 is 1.22. The van der Waals surface area contributed by atoms with Crippen molar-refractivity contribution in [1.29, 1.82) is 0 Å². The number of aromatic nitrogens is 2. The lowest BCUT2D eigenvalue weighted by Gasteiger charge is -2.19. The number of aliphatic carboxylic acids is 1. The third-order valence-electron chi connectivity index (χ3n) is 6.23. The number of nitrogens with zero attached hydrogens (tertiary/aromatic N) is 6. The minimum atomic E-state index is -1.13. The zero-order valence-corrected chi connectivity index (χ0v) is 19.7. The molecule has 0 saturated carbocycles. The van der Waals surface area contributed by atoms with Crippen LogP contribution < -0.4 is 10.6 Å². The molecule has 2 amide bonds. The van der Waals surface area contributed by atoms with Gasteiger partial charge in [0.2, 0.25) is 17.5 Å². The Bertz CT molecular complexity index is 1320. The highest BCUT2D eigenvalue weighted by atomic mass is 16.4. The average molecular weight is 491 g/mol. The molecular formula is C25H28N7O4+. The summed E-state index contributed by atoms with van der Waals surface area (Å²) in [4.78, 5) is 46.3. The average Bonchev–Trinajstić information content (AvgIpc) is 3.56. The molecule has 0 bridgehead atoms. The molecule has 3 N–H and O–H groups in total. The number of hydrogen-bond donors (Lipinski definition) is 2. The van der Waals surface area contributed by atoms with Gasteiger partial charge < -0.3 is 15.7 Å². The Kier molecular flexibility index (Phi) is 7.94. The highest BCUT2D eigenvalue weighted by Gasteiger charge is 2.28. The molecule has 1 saturated heterocycles. The van der Waals surface area contributed by atoms with E-state index >= 15 is 0 Å². The zero-order valence-electron chi connectivity index (χ0n) is 19.7. The highest BCUT2D eigenvalue weighted by molar-refractivity contribution is 5.89. The first-order valence-corrected chi connectivity index (χ1v) is 11.8. The number of amides is 2. The summed E-state index contributed by atoms with van der Waals surface area (Å²) in [7, 11) is 0. The number of carboxylic acid groups (broad SMARTS) is 1. The molecule has 0 spiro atoms. The molecule has 1 aliphatic heterocycles. The molecule has 0 aliphatic carbocycles. The summed E-state index contributed by atoms with van der Waals surface area (Å²) in [6, 6.07) is 12.7. The summed E-state index contributed by atoms with van der Waals surface area (Å²) in [6.45, 7) is 1.42. The van der Waals surface area contributed by atoms with Gasteiger partial charge in [-0.05, 0) is 35.6 Å². The Labute approximate surface area is 207 Å². The van der Waals surface area contributed by atoms with Crippen LogP contribution in [0.2, 0.25) is 0 Å². The van der Waals surface area contributed by atoms with Gasteiger partial charge >= 0.3 is 11.9 Å². The van der Waals surface area contributed by atoms with Crippen molar-refractivity contribution in [3.05, 3.63) is 66.2 Å². The molecule has 2 atom stereocenters. The predicted molar refractivity (Wildman–Crippen MR) is 131 cm³/mol. The van der Waals surface area contributed by atoms with Crippen LogP contribution in [0.3, 0.4) is 0 Å². The minimum absolute atomic E-state index is 0.0274. The normalized spacial score (nSPS) is 14.8. The molecule has 1 aliphatic rings. The Morgan fingerprint density at radius 3 is 2.61 bits per heavy atom. The van der Waals surface area contributed by atoms with E-state index in [4.69, 9.17) is 10.8 Å². The van der Waals surface area contributed by atoms with Gasteiger partial charge in [-0.3, -0.25) is 14.4 Å². The molecular weight excluding hydrogens is 462 g/mol. The summed E-state index contributed by atoms with van der Waals surface area (Å²) in [5.74, 6) is -2.41. The van der Waals surface area contributed by atoms with Crippen LogP contribution in [0.4, 0.5) is 0 Å². The molecule has 36 heavy (non-hydrogen) atoms. The highest BCUT2D eigenvalue weighted by Crippen LogP contribution is 2.24. The van der Waals surface area contributed by atoms with E-state index in [9.17, 15) is 14.4 Å². The Hall–Kier alpha value is -4.21. The molecule has 4 rings (SSSR count). The van der Waals surface area contributed by atoms with Crippen molar-refractivity contribution in [1.82, 2.24) is 19.5 Å². The Morgan fingerprint density at radius 1 is 1.08 bits per heavy atom. The van der Waals surface area contributed by atoms with Crippen LogP contribution in [-0.2, 0) is 27.2 Å². The van der Waals surface area contributed by atoms with Gasteiger partial charge in [0.15, 0.2) is 0 Å². The number of rotatable bonds is 9. The summed E-state index contributed by atoms with van der Waals surface area (Å²) in [5, 5.41) is 18.6. The predicted octanol–water partition coefficient (Wildman–Crippen LogP) is 2.12. The van der Waals surface area contributed by atoms with Gasteiger partial charge in [-0.25, -0.2) is 4.98 Å². The van der Waals surface area contributed by atoms with Crippen LogP contribution in [0, 0.1) is 5.92 Å². The van der Waals surface area contributed by atoms with E-state index in [0.717, 1.165) is 29.2 Å². The summed E-state index contributed by atoms with van der Waals surface area (Å²) >= 11 is 0. The minimum Gasteiger partial charge on any atom is -0.480 e. The lowest BCUT2D eigenvalue weighted by atomic mass is 9.92. The lowest BCUT2D eigenvalue weighted by molar-refractivity contribution is -0.138. The van der Waals surface area contributed by atoms with Crippen molar-refractivity contribution in [2.45, 2.75) is 38.1 Å². The van der Waals surface area contributed by atoms with Gasteiger partial charge in [-0.2, -0.15) is 0 Å². The van der Waals surface area contributed by atoms with Crippen LogP contribution in [-0.4, -0.2) is 56.6 Å². The van der Waals surface area contributed by atoms with Crippen molar-refractivity contribution < 1.29 is 19.5 Å². The van der Waals surface area contributed by atoms with Gasteiger partial charge in [0.05, 0.1) is 21.6 Å². The number of benzene rings is 2. The van der Waals surface area contributed by atoms with E-state index in [-0.39, 0.29) is 18.7 Å². The largest absolute Gasteiger partial charge is 0.480 e. The Morgan fingerprint density at radius 2 is 1.83 bits per heavy atom. The first-order chi connectivity index (χ1) is 17.4. The maximum absolute atomic E-state index is 13.1. The van der Waals surface area contributed by atoms with Crippen LogP contribution in [0.1, 0.15) is 30.5 Å². The Balaban J connectivity index is 1.52. The standard InChI is InChI=1S/C25H27N7O4/c26-22(25(35)36)14-20-15-32(16-27-20)30-29-28-24(34)19(13-23(33)31-10-3-4-11-31)12-18-8-5-7-17-6-1-2-9-21(17)18/h1-2,5-9,15-16,19,22H,3-4,10-14,26H2/p+1/t19?,22-/m0/s1. The van der Waals surface area contributed by atoms with Gasteiger partial charge in [0.1, 0.15) is 12.2 Å². The fourth-order valence-electron chi connectivity index (χ4n) is 4.30. The van der Waals surface area contributed by atoms with Crippen LogP contribution >= 0.6 is 0 Å². The van der Waals surface area contributed by atoms with Crippen LogP contribution in [0.5, 0.6) is 0 Å². The molecule has 1 fully saturated rings. The monoisotopic (exact) mass is 490 g/mol. The third-order valence-corrected chi connectivity index (χ3v) is 6.23. The first-order valence-electron chi connectivity index (χ1n) is 11.8. The van der Waals surface area contributed by atoms with E-state index in [1.807, 2.05) is 42.5 Å². The molecule has 1 unspecified atom stereocenters. The van der Waals surface area contributed by atoms with Gasteiger partial charge in [0, 0.05) is 25.9 Å². The quantitative estimate of drug-likeness (QED) is 0.345. The summed E-state index contributed by atoms with van der Waals surface area (Å²) in [5.41, 5.74) is 6.89. The van der Waals surface area contributed by atoms with Crippen molar-refractivity contribution in [2.75, 3.05) is 13.1 Å². The van der Waals surface area contributed by atoms with Crippen molar-refractivity contribution in [2.24, 2.45) is 22.0 Å². The van der Waals surface area contributed by atoms with E-state index in [2.05, 4.69) is 20.2 Å². The fourth-order valence-corrected chi connectivity index (χ4v) is 4.30. The van der Waals surface area contributed by atoms with Gasteiger partial charge in [-0.1, -0.05) is 47.1 Å². The maximum Gasteiger partial charge on any atom is 0.320 e. The van der Waals surface area contributed by atoms with Gasteiger partial charge in [-0.15, -0.1) is 0 Å². The zero-order chi connectivity index (χ0) is 25.5. The second-order valence-corrected chi connectivity index (χ2v) is 8.84. The molecule has 0 radical (unpaired) electrons. The molecule has 2 heterocycles. The SMILES string of the molecule is N[C@@H](Cc1cn(N=[N+]=NC(=O)C(CC(=O)N2CCCC2)Cc2cccc3ccccc23)cn1)C(=O)O. The third kappa shape index (κ3) is 6.26. The van der Waals surface area contributed by atoms with E-state index in [1.165, 1.54) is 17.2 Å². The molecule has 11 nitrogen and oxygen atoms in total. The number of imidazole rings is 1. The number of carboxylic acids is 1. The van der Waals surface area contributed by atoms with Crippen molar-refractivity contribution >= 4 is 28.6 Å². The number of hydrogen-bond acceptors (Lipinski definition) is 6. The fraction of sp³-hybridized carbons (Fsp3) is 0.360. The lowest BCUT2D eigenvalue weighted by Crippen LogP contribution is -2.32. The molecule has 11 heteroatoms. The maximum atomic E-state index is 13.1. The number of carbonyl (C=O) groups is 3. The van der Waals surface area contributed by atoms with Gasteiger partial charge in [0.25, 0.3) is 0 Å². The van der Waals surface area contributed by atoms with E-state index in [1.54, 1.807) is 4.90 Å². The van der Waals surface area contributed by atoms with E-state index in [0.29, 0.717) is 25.2 Å². The van der Waals surface area contributed by atoms with E-state index < -0.39 is 23.8 Å². The van der Waals surface area contributed by atoms with Crippen molar-refractivity contribution in [3.8, 4) is 0 Å². The molecule has 2 aromatic carbocycles. The topological polar surface area (TPSA) is 157 Å². The summed E-state index contributed by atoms with van der Waals surface area (Å²) in [6.07, 6.45) is 5.13. The second-order valence-electron chi connectivity index (χ2n) is 8.84. The smallest absolute Gasteiger partial charge is 0.320 e. The second kappa shape index (κ2) is 11.5. The number of likely N-dealkylation sites (tertiary alicyclic amines) is 1. The van der Waals surface area contributed by atoms with Crippen LogP contribution in [0.15, 0.2) is 65.3 Å². The van der Waals surface area contributed by atoms with Crippen molar-refractivity contribution in [3.63, 3.8) is 0 Å². The number of fused-ring (bicyclic) bond motifs is 1. The number of carbonyl (C=O) groups excluding carboxylic acids is 2. The molecule has 1 aromatic heterocycles. The molecule has 3 aromatic rings. The molecule has 186 valence electrons. The van der Waals surface area contributed by atoms with Crippen LogP contribution in [0.25, 0.3) is 10.8 Å².